The summed E-state index contributed by atoms with van der Waals surface area (Å²) in [5, 5.41) is 15.3. The Kier molecular flexibility index (Phi) is 5.66. The number of halogens is 2. The SMILES string of the molecule is CC(C)Cn1ncc(C(=O)NCc2ccc(C(=O)O)s2)c1C(F)F. The molecule has 24 heavy (non-hydrogen) atoms. The fourth-order valence-electron chi connectivity index (χ4n) is 2.14. The van der Waals surface area contributed by atoms with E-state index in [9.17, 15) is 18.4 Å². The summed E-state index contributed by atoms with van der Waals surface area (Å²) >= 11 is 1.02. The lowest BCUT2D eigenvalue weighted by Crippen LogP contribution is -2.24. The van der Waals surface area contributed by atoms with Crippen LogP contribution in [0.3, 0.4) is 0 Å². The van der Waals surface area contributed by atoms with Crippen molar-refractivity contribution >= 4 is 23.2 Å². The number of nitrogens with zero attached hydrogens (tertiary/aromatic N) is 2. The third kappa shape index (κ3) is 4.16. The molecule has 0 aliphatic carbocycles. The highest BCUT2D eigenvalue weighted by Crippen LogP contribution is 2.24. The van der Waals surface area contributed by atoms with Crippen LogP contribution in [0.1, 0.15) is 50.9 Å². The van der Waals surface area contributed by atoms with E-state index in [0.29, 0.717) is 11.4 Å². The second kappa shape index (κ2) is 7.52. The highest BCUT2D eigenvalue weighted by molar-refractivity contribution is 7.13. The summed E-state index contributed by atoms with van der Waals surface area (Å²) in [6, 6.07) is 3.00. The number of hydrogen-bond donors (Lipinski definition) is 2. The number of alkyl halides is 2. The number of amides is 1. The molecule has 0 bridgehead atoms. The number of carboxylic acid groups (broad SMARTS) is 1. The van der Waals surface area contributed by atoms with Crippen LogP contribution in [0.4, 0.5) is 8.78 Å². The predicted molar refractivity (Wildman–Crippen MR) is 84.5 cm³/mol. The van der Waals surface area contributed by atoms with E-state index in [1.54, 1.807) is 6.07 Å². The summed E-state index contributed by atoms with van der Waals surface area (Å²) in [7, 11) is 0. The van der Waals surface area contributed by atoms with Crippen molar-refractivity contribution in [2.75, 3.05) is 0 Å². The standard InChI is InChI=1S/C15H17F2N3O3S/c1-8(2)7-20-12(13(16)17)10(6-19-20)14(21)18-5-9-3-4-11(24-9)15(22)23/h3-4,6,8,13H,5,7H2,1-2H3,(H,18,21)(H,22,23). The molecular weight excluding hydrogens is 340 g/mol. The Morgan fingerprint density at radius 3 is 2.62 bits per heavy atom. The van der Waals surface area contributed by atoms with Gasteiger partial charge >= 0.3 is 5.97 Å². The van der Waals surface area contributed by atoms with Crippen LogP contribution < -0.4 is 5.32 Å². The first kappa shape index (κ1) is 18.1. The van der Waals surface area contributed by atoms with E-state index in [1.807, 2.05) is 13.8 Å². The molecule has 0 saturated heterocycles. The summed E-state index contributed by atoms with van der Waals surface area (Å²) in [5.41, 5.74) is -0.570. The molecule has 1 amide bonds. The number of aromatic carboxylic acids is 1. The zero-order chi connectivity index (χ0) is 17.9. The van der Waals surface area contributed by atoms with E-state index >= 15 is 0 Å². The van der Waals surface area contributed by atoms with Gasteiger partial charge in [-0.3, -0.25) is 9.48 Å². The highest BCUT2D eigenvalue weighted by Gasteiger charge is 2.24. The Bertz CT molecular complexity index is 740. The molecule has 2 aromatic rings. The lowest BCUT2D eigenvalue weighted by Gasteiger charge is -2.11. The molecule has 0 aromatic carbocycles. The van der Waals surface area contributed by atoms with Crippen molar-refractivity contribution in [2.45, 2.75) is 33.4 Å². The molecule has 6 nitrogen and oxygen atoms in total. The number of rotatable bonds is 7. The summed E-state index contributed by atoms with van der Waals surface area (Å²) in [6.07, 6.45) is -1.68. The van der Waals surface area contributed by atoms with Crippen LogP contribution in [0, 0.1) is 5.92 Å². The van der Waals surface area contributed by atoms with Gasteiger partial charge in [0.25, 0.3) is 12.3 Å². The lowest BCUT2D eigenvalue weighted by atomic mass is 10.2. The van der Waals surface area contributed by atoms with Crippen molar-refractivity contribution in [1.82, 2.24) is 15.1 Å². The quantitative estimate of drug-likeness (QED) is 0.797. The molecule has 0 saturated carbocycles. The van der Waals surface area contributed by atoms with Crippen molar-refractivity contribution in [1.29, 1.82) is 0 Å². The average molecular weight is 357 g/mol. The topological polar surface area (TPSA) is 84.2 Å². The minimum Gasteiger partial charge on any atom is -0.477 e. The fraction of sp³-hybridized carbons (Fsp3) is 0.400. The molecule has 0 aliphatic heterocycles. The van der Waals surface area contributed by atoms with Crippen molar-refractivity contribution in [2.24, 2.45) is 5.92 Å². The number of thiophene rings is 1. The zero-order valence-electron chi connectivity index (χ0n) is 13.1. The molecule has 130 valence electrons. The van der Waals surface area contributed by atoms with Crippen LogP contribution in [0.5, 0.6) is 0 Å². The van der Waals surface area contributed by atoms with Crippen molar-refractivity contribution < 1.29 is 23.5 Å². The van der Waals surface area contributed by atoms with Gasteiger partial charge in [0.2, 0.25) is 0 Å². The van der Waals surface area contributed by atoms with Gasteiger partial charge in [-0.25, -0.2) is 13.6 Å². The van der Waals surface area contributed by atoms with Crippen LogP contribution in [-0.4, -0.2) is 26.8 Å². The minimum absolute atomic E-state index is 0.0643. The zero-order valence-corrected chi connectivity index (χ0v) is 13.9. The summed E-state index contributed by atoms with van der Waals surface area (Å²) in [4.78, 5) is 23.8. The Balaban J connectivity index is 2.11. The van der Waals surface area contributed by atoms with Gasteiger partial charge in [-0.05, 0) is 18.1 Å². The van der Waals surface area contributed by atoms with E-state index in [-0.39, 0.29) is 22.9 Å². The molecule has 2 aromatic heterocycles. The molecule has 0 spiro atoms. The van der Waals surface area contributed by atoms with Crippen molar-refractivity contribution in [3.05, 3.63) is 39.3 Å². The third-order valence-corrected chi connectivity index (χ3v) is 4.24. The smallest absolute Gasteiger partial charge is 0.345 e. The Labute approximate surface area is 141 Å². The van der Waals surface area contributed by atoms with Gasteiger partial charge in [0.1, 0.15) is 10.6 Å². The van der Waals surface area contributed by atoms with Crippen LogP contribution >= 0.6 is 11.3 Å². The van der Waals surface area contributed by atoms with Gasteiger partial charge in [0.05, 0.1) is 18.3 Å². The molecular formula is C15H17F2N3O3S. The van der Waals surface area contributed by atoms with Crippen molar-refractivity contribution in [3.8, 4) is 0 Å². The number of carbonyl (C=O) groups excluding carboxylic acids is 1. The molecule has 0 aliphatic rings. The molecule has 2 rings (SSSR count). The third-order valence-electron chi connectivity index (χ3n) is 3.17. The number of carboxylic acids is 1. The normalized spacial score (nSPS) is 11.2. The van der Waals surface area contributed by atoms with Gasteiger partial charge in [-0.1, -0.05) is 13.8 Å². The fourth-order valence-corrected chi connectivity index (χ4v) is 2.93. The minimum atomic E-state index is -2.81. The molecule has 9 heteroatoms. The molecule has 2 N–H and O–H groups in total. The van der Waals surface area contributed by atoms with E-state index in [2.05, 4.69) is 10.4 Å². The molecule has 0 atom stereocenters. The first-order chi connectivity index (χ1) is 11.3. The van der Waals surface area contributed by atoms with E-state index in [1.165, 1.54) is 6.07 Å². The average Bonchev–Trinajstić information content (AvgIpc) is 3.10. The Morgan fingerprint density at radius 1 is 1.38 bits per heavy atom. The Morgan fingerprint density at radius 2 is 2.08 bits per heavy atom. The number of aromatic nitrogens is 2. The molecule has 0 radical (unpaired) electrons. The first-order valence-corrected chi connectivity index (χ1v) is 8.05. The summed E-state index contributed by atoms with van der Waals surface area (Å²) in [6.45, 7) is 4.09. The van der Waals surface area contributed by atoms with Crippen molar-refractivity contribution in [3.63, 3.8) is 0 Å². The first-order valence-electron chi connectivity index (χ1n) is 7.23. The number of carbonyl (C=O) groups is 2. The second-order valence-corrected chi connectivity index (χ2v) is 6.74. The van der Waals surface area contributed by atoms with Crippen LogP contribution in [0.25, 0.3) is 0 Å². The monoisotopic (exact) mass is 357 g/mol. The van der Waals surface area contributed by atoms with Gasteiger partial charge in [0.15, 0.2) is 0 Å². The summed E-state index contributed by atoms with van der Waals surface area (Å²) < 4.78 is 27.7. The van der Waals surface area contributed by atoms with Gasteiger partial charge in [-0.15, -0.1) is 11.3 Å². The molecule has 2 heterocycles. The highest BCUT2D eigenvalue weighted by atomic mass is 32.1. The van der Waals surface area contributed by atoms with Gasteiger partial charge < -0.3 is 10.4 Å². The summed E-state index contributed by atoms with van der Waals surface area (Å²) in [5.74, 6) is -1.60. The molecule has 0 fully saturated rings. The van der Waals surface area contributed by atoms with E-state index in [0.717, 1.165) is 22.2 Å². The van der Waals surface area contributed by atoms with Crippen LogP contribution in [0.2, 0.25) is 0 Å². The maximum Gasteiger partial charge on any atom is 0.345 e. The van der Waals surface area contributed by atoms with Crippen LogP contribution in [0.15, 0.2) is 18.3 Å². The van der Waals surface area contributed by atoms with E-state index < -0.39 is 24.0 Å². The number of nitrogens with one attached hydrogen (secondary N) is 1. The molecule has 0 unspecified atom stereocenters. The Hall–Kier alpha value is -2.29. The van der Waals surface area contributed by atoms with Gasteiger partial charge in [-0.2, -0.15) is 5.10 Å². The maximum absolute atomic E-state index is 13.3. The number of hydrogen-bond acceptors (Lipinski definition) is 4. The maximum atomic E-state index is 13.3. The van der Waals surface area contributed by atoms with Crippen LogP contribution in [-0.2, 0) is 13.1 Å². The largest absolute Gasteiger partial charge is 0.477 e. The predicted octanol–water partition coefficient (Wildman–Crippen LogP) is 3.17. The lowest BCUT2D eigenvalue weighted by molar-refractivity contribution is 0.0702. The second-order valence-electron chi connectivity index (χ2n) is 5.57. The van der Waals surface area contributed by atoms with Gasteiger partial charge in [0, 0.05) is 11.4 Å². The van der Waals surface area contributed by atoms with E-state index in [4.69, 9.17) is 5.11 Å².